The van der Waals surface area contributed by atoms with Crippen molar-refractivity contribution in [2.45, 2.75) is 20.1 Å². The fourth-order valence-corrected chi connectivity index (χ4v) is 2.11. The highest BCUT2D eigenvalue weighted by atomic mass is 16.4. The van der Waals surface area contributed by atoms with Gasteiger partial charge in [0.05, 0.1) is 5.56 Å². The SMILES string of the molecule is CC(C)CN1C(=O)c2cc(C(=O)O)ccc2C1O. The first-order valence-electron chi connectivity index (χ1n) is 5.78. The summed E-state index contributed by atoms with van der Waals surface area (Å²) < 4.78 is 0. The molecule has 0 saturated heterocycles. The third kappa shape index (κ3) is 1.97. The van der Waals surface area contributed by atoms with Crippen molar-refractivity contribution in [1.29, 1.82) is 0 Å². The minimum atomic E-state index is -1.08. The van der Waals surface area contributed by atoms with E-state index < -0.39 is 12.2 Å². The summed E-state index contributed by atoms with van der Waals surface area (Å²) in [4.78, 5) is 24.3. The van der Waals surface area contributed by atoms with E-state index in [-0.39, 0.29) is 23.0 Å². The van der Waals surface area contributed by atoms with Crippen LogP contribution in [-0.2, 0) is 0 Å². The zero-order valence-corrected chi connectivity index (χ0v) is 10.3. The molecule has 0 fully saturated rings. The Bertz CT molecular complexity index is 510. The Morgan fingerprint density at radius 3 is 2.67 bits per heavy atom. The Balaban J connectivity index is 2.39. The number of rotatable bonds is 3. The molecule has 18 heavy (non-hydrogen) atoms. The normalized spacial score (nSPS) is 18.3. The number of hydrogen-bond acceptors (Lipinski definition) is 3. The number of carbonyl (C=O) groups excluding carboxylic acids is 1. The van der Waals surface area contributed by atoms with Crippen molar-refractivity contribution >= 4 is 11.9 Å². The van der Waals surface area contributed by atoms with E-state index in [2.05, 4.69) is 0 Å². The van der Waals surface area contributed by atoms with E-state index in [1.54, 1.807) is 0 Å². The van der Waals surface area contributed by atoms with Crippen molar-refractivity contribution in [3.63, 3.8) is 0 Å². The number of nitrogens with zero attached hydrogens (tertiary/aromatic N) is 1. The summed E-state index contributed by atoms with van der Waals surface area (Å²) in [7, 11) is 0. The Morgan fingerprint density at radius 2 is 2.11 bits per heavy atom. The summed E-state index contributed by atoms with van der Waals surface area (Å²) in [6.07, 6.45) is -0.974. The minimum absolute atomic E-state index is 0.0562. The van der Waals surface area contributed by atoms with Gasteiger partial charge < -0.3 is 15.1 Å². The van der Waals surface area contributed by atoms with Crippen LogP contribution >= 0.6 is 0 Å². The lowest BCUT2D eigenvalue weighted by Crippen LogP contribution is -2.31. The molecule has 1 heterocycles. The van der Waals surface area contributed by atoms with Crippen LogP contribution in [0.15, 0.2) is 18.2 Å². The van der Waals surface area contributed by atoms with Crippen molar-refractivity contribution in [1.82, 2.24) is 4.90 Å². The zero-order valence-electron chi connectivity index (χ0n) is 10.3. The molecule has 1 amide bonds. The van der Waals surface area contributed by atoms with Crippen LogP contribution in [0.5, 0.6) is 0 Å². The quantitative estimate of drug-likeness (QED) is 0.850. The molecule has 5 heteroatoms. The highest BCUT2D eigenvalue weighted by molar-refractivity contribution is 6.01. The fraction of sp³-hybridized carbons (Fsp3) is 0.385. The number of aliphatic hydroxyl groups excluding tert-OH is 1. The van der Waals surface area contributed by atoms with Gasteiger partial charge in [0.2, 0.25) is 0 Å². The summed E-state index contributed by atoms with van der Waals surface area (Å²) in [5, 5.41) is 18.9. The molecular formula is C13H15NO4. The number of carbonyl (C=O) groups is 2. The first-order chi connectivity index (χ1) is 8.41. The van der Waals surface area contributed by atoms with Gasteiger partial charge in [-0.15, -0.1) is 0 Å². The Kier molecular flexibility index (Phi) is 3.09. The third-order valence-corrected chi connectivity index (χ3v) is 2.93. The number of amides is 1. The number of carboxylic acid groups (broad SMARTS) is 1. The van der Waals surface area contributed by atoms with Crippen LogP contribution in [0.3, 0.4) is 0 Å². The van der Waals surface area contributed by atoms with E-state index in [9.17, 15) is 14.7 Å². The summed E-state index contributed by atoms with van der Waals surface area (Å²) in [5.41, 5.74) is 0.814. The van der Waals surface area contributed by atoms with Crippen LogP contribution in [0.1, 0.15) is 46.4 Å². The van der Waals surface area contributed by atoms with E-state index in [1.807, 2.05) is 13.8 Å². The Labute approximate surface area is 105 Å². The minimum Gasteiger partial charge on any atom is -0.478 e. The second-order valence-corrected chi connectivity index (χ2v) is 4.83. The Hall–Kier alpha value is -1.88. The van der Waals surface area contributed by atoms with E-state index in [0.29, 0.717) is 12.1 Å². The van der Waals surface area contributed by atoms with Gasteiger partial charge in [-0.2, -0.15) is 0 Å². The number of aromatic carboxylic acids is 1. The van der Waals surface area contributed by atoms with Gasteiger partial charge in [-0.05, 0) is 18.1 Å². The van der Waals surface area contributed by atoms with E-state index >= 15 is 0 Å². The van der Waals surface area contributed by atoms with Gasteiger partial charge >= 0.3 is 5.97 Å². The number of carboxylic acids is 1. The molecule has 0 saturated carbocycles. The van der Waals surface area contributed by atoms with Gasteiger partial charge in [-0.1, -0.05) is 19.9 Å². The topological polar surface area (TPSA) is 77.8 Å². The Morgan fingerprint density at radius 1 is 1.44 bits per heavy atom. The average molecular weight is 249 g/mol. The average Bonchev–Trinajstić information content (AvgIpc) is 2.53. The van der Waals surface area contributed by atoms with Crippen molar-refractivity contribution in [3.05, 3.63) is 34.9 Å². The van der Waals surface area contributed by atoms with Gasteiger partial charge in [-0.3, -0.25) is 4.79 Å². The lowest BCUT2D eigenvalue weighted by molar-refractivity contribution is 0.0127. The standard InChI is InChI=1S/C13H15NO4/c1-7(2)6-14-11(15)9-4-3-8(13(17)18)5-10(9)12(14)16/h3-5,7,11,15H,6H2,1-2H3,(H,17,18). The maximum absolute atomic E-state index is 12.1. The molecular weight excluding hydrogens is 234 g/mol. The molecule has 0 spiro atoms. The predicted octanol–water partition coefficient (Wildman–Crippen LogP) is 1.49. The van der Waals surface area contributed by atoms with Crippen molar-refractivity contribution in [3.8, 4) is 0 Å². The summed E-state index contributed by atoms with van der Waals surface area (Å²) in [6.45, 7) is 4.34. The molecule has 2 rings (SSSR count). The highest BCUT2D eigenvalue weighted by Gasteiger charge is 2.35. The van der Waals surface area contributed by atoms with Gasteiger partial charge in [0, 0.05) is 17.7 Å². The second-order valence-electron chi connectivity index (χ2n) is 4.83. The van der Waals surface area contributed by atoms with Crippen LogP contribution in [-0.4, -0.2) is 33.5 Å². The maximum atomic E-state index is 12.1. The van der Waals surface area contributed by atoms with Crippen molar-refractivity contribution in [2.24, 2.45) is 5.92 Å². The van der Waals surface area contributed by atoms with Crippen molar-refractivity contribution in [2.75, 3.05) is 6.54 Å². The summed E-state index contributed by atoms with van der Waals surface area (Å²) in [6, 6.07) is 4.22. The van der Waals surface area contributed by atoms with Crippen LogP contribution in [0.25, 0.3) is 0 Å². The van der Waals surface area contributed by atoms with Gasteiger partial charge in [0.15, 0.2) is 6.23 Å². The molecule has 1 unspecified atom stereocenters. The number of benzene rings is 1. The molecule has 1 atom stereocenters. The highest BCUT2D eigenvalue weighted by Crippen LogP contribution is 2.32. The van der Waals surface area contributed by atoms with E-state index in [1.165, 1.54) is 23.1 Å². The number of aliphatic hydroxyl groups is 1. The zero-order chi connectivity index (χ0) is 13.4. The molecule has 96 valence electrons. The van der Waals surface area contributed by atoms with Crippen LogP contribution in [0.4, 0.5) is 0 Å². The molecule has 1 aliphatic rings. The molecule has 0 aliphatic carbocycles. The van der Waals surface area contributed by atoms with Gasteiger partial charge in [0.25, 0.3) is 5.91 Å². The smallest absolute Gasteiger partial charge is 0.335 e. The molecule has 1 aromatic rings. The second kappa shape index (κ2) is 4.42. The molecule has 1 aliphatic heterocycles. The monoisotopic (exact) mass is 249 g/mol. The largest absolute Gasteiger partial charge is 0.478 e. The lowest BCUT2D eigenvalue weighted by atomic mass is 10.1. The van der Waals surface area contributed by atoms with Crippen LogP contribution in [0.2, 0.25) is 0 Å². The summed E-state index contributed by atoms with van der Waals surface area (Å²) >= 11 is 0. The molecule has 0 aromatic heterocycles. The molecule has 0 bridgehead atoms. The lowest BCUT2D eigenvalue weighted by Gasteiger charge is -2.22. The molecule has 1 aromatic carbocycles. The first-order valence-corrected chi connectivity index (χ1v) is 5.78. The van der Waals surface area contributed by atoms with Crippen LogP contribution in [0, 0.1) is 5.92 Å². The van der Waals surface area contributed by atoms with Crippen LogP contribution < -0.4 is 0 Å². The molecule has 5 nitrogen and oxygen atoms in total. The van der Waals surface area contributed by atoms with Crippen molar-refractivity contribution < 1.29 is 19.8 Å². The van der Waals surface area contributed by atoms with E-state index in [4.69, 9.17) is 5.11 Å². The number of hydrogen-bond donors (Lipinski definition) is 2. The number of fused-ring (bicyclic) bond motifs is 1. The van der Waals surface area contributed by atoms with Gasteiger partial charge in [-0.25, -0.2) is 4.79 Å². The summed E-state index contributed by atoms with van der Waals surface area (Å²) in [5.74, 6) is -1.16. The first kappa shape index (κ1) is 12.6. The van der Waals surface area contributed by atoms with E-state index in [0.717, 1.165) is 0 Å². The third-order valence-electron chi connectivity index (χ3n) is 2.93. The van der Waals surface area contributed by atoms with Gasteiger partial charge in [0.1, 0.15) is 0 Å². The fourth-order valence-electron chi connectivity index (χ4n) is 2.11. The maximum Gasteiger partial charge on any atom is 0.335 e. The molecule has 2 N–H and O–H groups in total. The predicted molar refractivity (Wildman–Crippen MR) is 64.2 cm³/mol. The molecule has 0 radical (unpaired) electrons.